The molecular formula is C28H31IrN4-. The molecule has 4 nitrogen and oxygen atoms in total. The molecule has 0 saturated heterocycles. The van der Waals surface area contributed by atoms with E-state index in [0.717, 1.165) is 27.9 Å². The molecule has 1 radical (unpaired) electrons. The minimum atomic E-state index is -0.220. The van der Waals surface area contributed by atoms with Gasteiger partial charge in [-0.2, -0.15) is 6.07 Å². The number of aromatic nitrogens is 3. The van der Waals surface area contributed by atoms with Gasteiger partial charge in [-0.1, -0.05) is 67.7 Å². The van der Waals surface area contributed by atoms with Crippen molar-refractivity contribution in [2.75, 3.05) is 0 Å². The molecule has 5 heteroatoms. The van der Waals surface area contributed by atoms with Crippen LogP contribution in [0, 0.1) is 18.1 Å². The third kappa shape index (κ3) is 2.84. The first-order valence-corrected chi connectivity index (χ1v) is 11.3. The van der Waals surface area contributed by atoms with E-state index in [4.69, 9.17) is 16.5 Å². The molecule has 0 unspecified atom stereocenters. The van der Waals surface area contributed by atoms with Gasteiger partial charge in [0.15, 0.2) is 0 Å². The van der Waals surface area contributed by atoms with Crippen molar-refractivity contribution in [3.8, 4) is 0 Å². The minimum Gasteiger partial charge on any atom is -0.321 e. The number of nitrogens with zero attached hydrogens (tertiary/aromatic N) is 4. The van der Waals surface area contributed by atoms with E-state index in [-0.39, 0.29) is 41.8 Å². The molecule has 2 heterocycles. The van der Waals surface area contributed by atoms with Gasteiger partial charge in [0, 0.05) is 25.5 Å². The van der Waals surface area contributed by atoms with Gasteiger partial charge in [-0.15, -0.1) is 12.1 Å². The summed E-state index contributed by atoms with van der Waals surface area (Å²) in [6.07, 6.45) is 0. The molecule has 2 aromatic heterocycles. The fourth-order valence-corrected chi connectivity index (χ4v) is 5.51. The molecule has 0 N–H and O–H groups in total. The summed E-state index contributed by atoms with van der Waals surface area (Å²) in [6, 6.07) is 11.6. The Morgan fingerprint density at radius 2 is 1.58 bits per heavy atom. The SMILES string of the molecule is [C-]#[N+]c1cc[c-]c2c1nc(C(C)(C)C)n1c3cc4c(cc3nc21)C(C)(C)C(C)(C)C4(C)C.[Ir]. The van der Waals surface area contributed by atoms with E-state index in [1.807, 2.05) is 6.07 Å². The first kappa shape index (κ1) is 23.9. The summed E-state index contributed by atoms with van der Waals surface area (Å²) in [5.74, 6) is 0.918. The van der Waals surface area contributed by atoms with Crippen LogP contribution >= 0.6 is 0 Å². The maximum atomic E-state index is 7.63. The monoisotopic (exact) mass is 616 g/mol. The van der Waals surface area contributed by atoms with Crippen LogP contribution < -0.4 is 0 Å². The Labute approximate surface area is 210 Å². The van der Waals surface area contributed by atoms with E-state index in [9.17, 15) is 0 Å². The average molecular weight is 616 g/mol. The predicted molar refractivity (Wildman–Crippen MR) is 132 cm³/mol. The van der Waals surface area contributed by atoms with Crippen LogP contribution in [0.15, 0.2) is 24.3 Å². The van der Waals surface area contributed by atoms with Crippen molar-refractivity contribution in [3.63, 3.8) is 0 Å². The third-order valence-corrected chi connectivity index (χ3v) is 8.66. The summed E-state index contributed by atoms with van der Waals surface area (Å²) in [5, 5.41) is 0.807. The van der Waals surface area contributed by atoms with Gasteiger partial charge in [0.05, 0.1) is 23.3 Å². The Hall–Kier alpha value is -2.28. The second-order valence-electron chi connectivity index (χ2n) is 11.9. The van der Waals surface area contributed by atoms with Crippen molar-refractivity contribution < 1.29 is 20.1 Å². The van der Waals surface area contributed by atoms with Crippen LogP contribution in [0.3, 0.4) is 0 Å². The van der Waals surface area contributed by atoms with Crippen molar-refractivity contribution in [2.45, 2.75) is 78.6 Å². The summed E-state index contributed by atoms with van der Waals surface area (Å²) in [7, 11) is 0. The third-order valence-electron chi connectivity index (χ3n) is 8.66. The Bertz CT molecular complexity index is 1490. The number of imidazole rings is 1. The fourth-order valence-electron chi connectivity index (χ4n) is 5.51. The predicted octanol–water partition coefficient (Wildman–Crippen LogP) is 7.28. The molecular weight excluding hydrogens is 585 g/mol. The van der Waals surface area contributed by atoms with E-state index < -0.39 is 0 Å². The molecule has 0 fully saturated rings. The van der Waals surface area contributed by atoms with Gasteiger partial charge in [-0.05, 0) is 45.0 Å². The second kappa shape index (κ2) is 6.87. The van der Waals surface area contributed by atoms with Gasteiger partial charge in [-0.25, -0.2) is 0 Å². The van der Waals surface area contributed by atoms with Crippen LogP contribution in [-0.4, -0.2) is 14.4 Å². The topological polar surface area (TPSA) is 34.5 Å². The van der Waals surface area contributed by atoms with E-state index in [1.165, 1.54) is 11.1 Å². The molecule has 0 spiro atoms. The summed E-state index contributed by atoms with van der Waals surface area (Å²) < 4.78 is 2.20. The smallest absolute Gasteiger partial charge is 0.133 e. The van der Waals surface area contributed by atoms with E-state index in [2.05, 4.69) is 89.8 Å². The fraction of sp³-hybridized carbons (Fsp3) is 0.464. The number of rotatable bonds is 0. The first-order chi connectivity index (χ1) is 14.7. The van der Waals surface area contributed by atoms with Gasteiger partial charge in [-0.3, -0.25) is 14.8 Å². The molecule has 5 rings (SSSR count). The van der Waals surface area contributed by atoms with Crippen LogP contribution in [0.25, 0.3) is 32.4 Å². The van der Waals surface area contributed by atoms with Crippen molar-refractivity contribution in [1.29, 1.82) is 0 Å². The van der Waals surface area contributed by atoms with Gasteiger partial charge in [0.1, 0.15) is 11.5 Å². The largest absolute Gasteiger partial charge is 0.321 e. The molecule has 1 aliphatic rings. The van der Waals surface area contributed by atoms with Crippen LogP contribution in [0.5, 0.6) is 0 Å². The number of fused-ring (bicyclic) bond motifs is 6. The number of hydrogen-bond donors (Lipinski definition) is 0. The summed E-state index contributed by atoms with van der Waals surface area (Å²) in [5.41, 5.74) is 6.80. The van der Waals surface area contributed by atoms with Crippen molar-refractivity contribution in [3.05, 3.63) is 58.7 Å². The molecule has 173 valence electrons. The zero-order valence-corrected chi connectivity index (χ0v) is 23.3. The maximum absolute atomic E-state index is 7.63. The van der Waals surface area contributed by atoms with E-state index in [1.54, 1.807) is 6.07 Å². The number of hydrogen-bond acceptors (Lipinski definition) is 2. The molecule has 33 heavy (non-hydrogen) atoms. The summed E-state index contributed by atoms with van der Waals surface area (Å²) in [4.78, 5) is 13.9. The second-order valence-corrected chi connectivity index (χ2v) is 11.9. The van der Waals surface area contributed by atoms with E-state index >= 15 is 0 Å². The molecule has 0 aliphatic heterocycles. The molecule has 4 aromatic rings. The van der Waals surface area contributed by atoms with Gasteiger partial charge in [0.25, 0.3) is 0 Å². The van der Waals surface area contributed by atoms with Gasteiger partial charge in [0.2, 0.25) is 0 Å². The standard InChI is InChI=1S/C28H31N4.Ir/c1-25(2,3)24-31-22-16(12-11-13-19(22)29-10)23-30-20-14-17-18(15-21(20)32(23)24)27(6,7)28(8,9)26(17,4)5;/h11,13-15H,1-9H3;/q-1;. The molecule has 1 aliphatic carbocycles. The molecule has 0 atom stereocenters. The van der Waals surface area contributed by atoms with Crippen LogP contribution in [0.2, 0.25) is 0 Å². The van der Waals surface area contributed by atoms with Crippen LogP contribution in [0.1, 0.15) is 79.3 Å². The zero-order valence-electron chi connectivity index (χ0n) is 20.9. The van der Waals surface area contributed by atoms with Gasteiger partial charge >= 0.3 is 0 Å². The Kier molecular flexibility index (Phi) is 4.97. The molecule has 2 aromatic carbocycles. The molecule has 0 amide bonds. The maximum Gasteiger partial charge on any atom is 0.133 e. The van der Waals surface area contributed by atoms with E-state index in [0.29, 0.717) is 11.2 Å². The quantitative estimate of drug-likeness (QED) is 0.195. The van der Waals surface area contributed by atoms with Crippen LogP contribution in [-0.2, 0) is 36.4 Å². The summed E-state index contributed by atoms with van der Waals surface area (Å²) >= 11 is 0. The Balaban J connectivity index is 0.00000259. The molecule has 0 bridgehead atoms. The molecule has 0 saturated carbocycles. The Morgan fingerprint density at radius 1 is 0.970 bits per heavy atom. The average Bonchev–Trinajstić information content (AvgIpc) is 3.13. The minimum absolute atomic E-state index is 0. The van der Waals surface area contributed by atoms with Crippen molar-refractivity contribution >= 4 is 33.3 Å². The normalized spacial score (nSPS) is 18.3. The summed E-state index contributed by atoms with van der Waals surface area (Å²) in [6.45, 7) is 28.3. The van der Waals surface area contributed by atoms with Crippen LogP contribution in [0.4, 0.5) is 5.69 Å². The first-order valence-electron chi connectivity index (χ1n) is 11.3. The zero-order chi connectivity index (χ0) is 23.4. The number of benzene rings is 2. The van der Waals surface area contributed by atoms with Crippen molar-refractivity contribution in [2.24, 2.45) is 5.41 Å². The Morgan fingerprint density at radius 3 is 2.15 bits per heavy atom. The van der Waals surface area contributed by atoms with Crippen molar-refractivity contribution in [1.82, 2.24) is 14.4 Å². The van der Waals surface area contributed by atoms with Gasteiger partial charge < -0.3 is 4.40 Å².